The molecule has 3 aromatic rings. The van der Waals surface area contributed by atoms with Crippen LogP contribution in [0.25, 0.3) is 5.65 Å². The Hall–Kier alpha value is -3.42. The van der Waals surface area contributed by atoms with Crippen LogP contribution >= 0.6 is 0 Å². The lowest BCUT2D eigenvalue weighted by Crippen LogP contribution is -2.37. The van der Waals surface area contributed by atoms with Crippen molar-refractivity contribution in [3.05, 3.63) is 72.2 Å². The van der Waals surface area contributed by atoms with Crippen LogP contribution in [0.5, 0.6) is 0 Å². The predicted octanol–water partition coefficient (Wildman–Crippen LogP) is 4.67. The molecule has 2 aliphatic heterocycles. The maximum Gasteiger partial charge on any atom is 0.308 e. The van der Waals surface area contributed by atoms with E-state index in [0.717, 1.165) is 55.5 Å². The van der Waals surface area contributed by atoms with Crippen molar-refractivity contribution in [2.24, 2.45) is 11.3 Å². The Labute approximate surface area is 197 Å². The Morgan fingerprint density at radius 3 is 2.74 bits per heavy atom. The van der Waals surface area contributed by atoms with Gasteiger partial charge in [-0.1, -0.05) is 0 Å². The SMILES string of the molecule is CCOC(=O)C1CCC2(CC1)CC1=CN(c3ccc(F)cc3)C(c3ccc4ncnn4c3)N1C2. The van der Waals surface area contributed by atoms with Gasteiger partial charge in [0.2, 0.25) is 0 Å². The molecule has 176 valence electrons. The lowest BCUT2D eigenvalue weighted by atomic mass is 9.69. The molecule has 2 aromatic heterocycles. The van der Waals surface area contributed by atoms with Gasteiger partial charge in [0, 0.05) is 35.9 Å². The Kier molecular flexibility index (Phi) is 5.04. The minimum atomic E-state index is -0.242. The number of fused-ring (bicyclic) bond motifs is 2. The maximum atomic E-state index is 13.6. The molecule has 1 aromatic carbocycles. The van der Waals surface area contributed by atoms with E-state index in [1.165, 1.54) is 17.8 Å². The van der Waals surface area contributed by atoms with Crippen molar-refractivity contribution in [3.63, 3.8) is 0 Å². The molecule has 34 heavy (non-hydrogen) atoms. The number of benzene rings is 1. The first kappa shape index (κ1) is 21.1. The summed E-state index contributed by atoms with van der Waals surface area (Å²) in [6, 6.07) is 10.8. The predicted molar refractivity (Wildman–Crippen MR) is 125 cm³/mol. The molecule has 3 aliphatic rings. The topological polar surface area (TPSA) is 63.0 Å². The van der Waals surface area contributed by atoms with Crippen molar-refractivity contribution >= 4 is 17.3 Å². The second-order valence-electron chi connectivity index (χ2n) is 9.73. The summed E-state index contributed by atoms with van der Waals surface area (Å²) in [6.07, 6.45) is 10.6. The van der Waals surface area contributed by atoms with Crippen LogP contribution in [-0.2, 0) is 9.53 Å². The third-order valence-corrected chi connectivity index (χ3v) is 7.66. The van der Waals surface area contributed by atoms with Gasteiger partial charge in [-0.05, 0) is 80.8 Å². The maximum absolute atomic E-state index is 13.6. The molecule has 1 spiro atoms. The number of anilines is 1. The number of pyridine rings is 1. The fourth-order valence-corrected chi connectivity index (χ4v) is 5.97. The highest BCUT2D eigenvalue weighted by atomic mass is 19.1. The summed E-state index contributed by atoms with van der Waals surface area (Å²) in [4.78, 5) is 21.2. The smallest absolute Gasteiger partial charge is 0.308 e. The number of nitrogens with zero attached hydrogens (tertiary/aromatic N) is 5. The van der Waals surface area contributed by atoms with Crippen LogP contribution in [-0.4, -0.2) is 38.6 Å². The van der Waals surface area contributed by atoms with Gasteiger partial charge in [0.15, 0.2) is 5.65 Å². The minimum Gasteiger partial charge on any atom is -0.466 e. The molecule has 0 radical (unpaired) electrons. The van der Waals surface area contributed by atoms with Crippen molar-refractivity contribution in [1.29, 1.82) is 0 Å². The third-order valence-electron chi connectivity index (χ3n) is 7.66. The van der Waals surface area contributed by atoms with Crippen molar-refractivity contribution in [2.45, 2.75) is 45.2 Å². The van der Waals surface area contributed by atoms with Gasteiger partial charge in [0.05, 0.1) is 12.5 Å². The van der Waals surface area contributed by atoms with Crippen molar-refractivity contribution in [1.82, 2.24) is 19.5 Å². The first-order valence-electron chi connectivity index (χ1n) is 12.0. The quantitative estimate of drug-likeness (QED) is 0.526. The zero-order valence-corrected chi connectivity index (χ0v) is 19.2. The van der Waals surface area contributed by atoms with Crippen LogP contribution in [0, 0.1) is 17.2 Å². The first-order valence-corrected chi connectivity index (χ1v) is 12.0. The van der Waals surface area contributed by atoms with Gasteiger partial charge in [-0.2, -0.15) is 5.10 Å². The van der Waals surface area contributed by atoms with Crippen LogP contribution in [0.4, 0.5) is 10.1 Å². The highest BCUT2D eigenvalue weighted by Gasteiger charge is 2.49. The van der Waals surface area contributed by atoms with E-state index in [1.54, 1.807) is 10.8 Å². The molecule has 6 rings (SSSR count). The van der Waals surface area contributed by atoms with E-state index in [4.69, 9.17) is 4.74 Å². The van der Waals surface area contributed by atoms with E-state index < -0.39 is 0 Å². The molecular weight excluding hydrogens is 433 g/mol. The van der Waals surface area contributed by atoms with E-state index in [1.807, 2.05) is 31.3 Å². The number of halogens is 1. The molecule has 1 saturated carbocycles. The second kappa shape index (κ2) is 8.11. The molecule has 0 amide bonds. The van der Waals surface area contributed by atoms with Gasteiger partial charge in [-0.3, -0.25) is 4.79 Å². The Morgan fingerprint density at radius 1 is 1.18 bits per heavy atom. The van der Waals surface area contributed by atoms with Crippen molar-refractivity contribution in [2.75, 3.05) is 18.1 Å². The van der Waals surface area contributed by atoms with Gasteiger partial charge >= 0.3 is 5.97 Å². The number of carbonyl (C=O) groups is 1. The largest absolute Gasteiger partial charge is 0.466 e. The number of aromatic nitrogens is 3. The number of allylic oxidation sites excluding steroid dienone is 1. The molecule has 2 fully saturated rings. The summed E-state index contributed by atoms with van der Waals surface area (Å²) >= 11 is 0. The third kappa shape index (κ3) is 3.52. The summed E-state index contributed by atoms with van der Waals surface area (Å²) in [5.74, 6) is -0.262. The first-order chi connectivity index (χ1) is 16.5. The average Bonchev–Trinajstić information content (AvgIpc) is 3.53. The summed E-state index contributed by atoms with van der Waals surface area (Å²) in [5, 5.41) is 4.33. The van der Waals surface area contributed by atoms with E-state index in [2.05, 4.69) is 32.1 Å². The second-order valence-corrected chi connectivity index (χ2v) is 9.73. The number of ether oxygens (including phenoxy) is 1. The van der Waals surface area contributed by atoms with Gasteiger partial charge in [-0.15, -0.1) is 0 Å². The molecule has 1 atom stereocenters. The molecule has 1 saturated heterocycles. The van der Waals surface area contributed by atoms with Gasteiger partial charge in [0.25, 0.3) is 0 Å². The normalized spacial score (nSPS) is 26.2. The minimum absolute atomic E-state index is 0.0243. The number of hydrogen-bond donors (Lipinski definition) is 0. The summed E-state index contributed by atoms with van der Waals surface area (Å²) in [7, 11) is 0. The Balaban J connectivity index is 1.31. The van der Waals surface area contributed by atoms with Crippen LogP contribution in [0.1, 0.15) is 50.8 Å². The summed E-state index contributed by atoms with van der Waals surface area (Å²) in [6.45, 7) is 3.24. The average molecular weight is 462 g/mol. The van der Waals surface area contributed by atoms with Crippen molar-refractivity contribution in [3.8, 4) is 0 Å². The molecule has 1 unspecified atom stereocenters. The van der Waals surface area contributed by atoms with E-state index in [0.29, 0.717) is 6.61 Å². The van der Waals surface area contributed by atoms with Crippen LogP contribution < -0.4 is 4.90 Å². The standard InChI is InChI=1S/C26H28FN5O2/c1-2-34-25(33)18-9-11-26(12-10-18)13-22-15-30(21-6-4-20(27)5-7-21)24(31(22)16-26)19-3-8-23-28-17-29-32(23)14-19/h3-8,14-15,17-18,24H,2,9-13,16H2,1H3. The zero-order valence-electron chi connectivity index (χ0n) is 19.2. The van der Waals surface area contributed by atoms with Gasteiger partial charge in [0.1, 0.15) is 18.3 Å². The highest BCUT2D eigenvalue weighted by molar-refractivity contribution is 5.72. The molecule has 7 nitrogen and oxygen atoms in total. The molecular formula is C26H28FN5O2. The molecule has 1 aliphatic carbocycles. The summed E-state index contributed by atoms with van der Waals surface area (Å²) in [5.41, 5.74) is 4.33. The molecule has 0 bridgehead atoms. The zero-order chi connectivity index (χ0) is 23.3. The van der Waals surface area contributed by atoms with E-state index in [-0.39, 0.29) is 29.3 Å². The van der Waals surface area contributed by atoms with E-state index in [9.17, 15) is 9.18 Å². The van der Waals surface area contributed by atoms with Crippen molar-refractivity contribution < 1.29 is 13.9 Å². The fraction of sp³-hybridized carbons (Fsp3) is 0.423. The van der Waals surface area contributed by atoms with Crippen LogP contribution in [0.15, 0.2) is 60.8 Å². The number of hydrogen-bond acceptors (Lipinski definition) is 6. The Morgan fingerprint density at radius 2 is 1.97 bits per heavy atom. The monoisotopic (exact) mass is 461 g/mol. The number of rotatable bonds is 4. The number of carbonyl (C=O) groups excluding carboxylic acids is 1. The van der Waals surface area contributed by atoms with Gasteiger partial charge < -0.3 is 14.5 Å². The van der Waals surface area contributed by atoms with Crippen LogP contribution in [0.2, 0.25) is 0 Å². The Bertz CT molecular complexity index is 1250. The van der Waals surface area contributed by atoms with Gasteiger partial charge in [-0.25, -0.2) is 13.9 Å². The molecule has 8 heteroatoms. The van der Waals surface area contributed by atoms with Crippen LogP contribution in [0.3, 0.4) is 0 Å². The molecule has 4 heterocycles. The van der Waals surface area contributed by atoms with E-state index >= 15 is 0 Å². The fourth-order valence-electron chi connectivity index (χ4n) is 5.97. The number of esters is 1. The lowest BCUT2D eigenvalue weighted by Gasteiger charge is -2.39. The highest BCUT2D eigenvalue weighted by Crippen LogP contribution is 2.54. The summed E-state index contributed by atoms with van der Waals surface area (Å²) < 4.78 is 20.7. The lowest BCUT2D eigenvalue weighted by molar-refractivity contribution is -0.149. The molecule has 0 N–H and O–H groups in total.